The highest BCUT2D eigenvalue weighted by atomic mass is 15.0. The molecule has 0 radical (unpaired) electrons. The Kier molecular flexibility index (Phi) is 9.41. The summed E-state index contributed by atoms with van der Waals surface area (Å²) in [5.74, 6) is 2.25. The van der Waals surface area contributed by atoms with Crippen molar-refractivity contribution in [1.29, 1.82) is 5.26 Å². The van der Waals surface area contributed by atoms with Gasteiger partial charge in [0.2, 0.25) is 0 Å². The summed E-state index contributed by atoms with van der Waals surface area (Å²) in [5, 5.41) is 11.9. The van der Waals surface area contributed by atoms with E-state index in [1.165, 1.54) is 0 Å². The second-order valence-corrected chi connectivity index (χ2v) is 15.2. The van der Waals surface area contributed by atoms with Crippen molar-refractivity contribution in [1.82, 2.24) is 29.5 Å². The van der Waals surface area contributed by atoms with E-state index in [0.29, 0.717) is 28.9 Å². The van der Waals surface area contributed by atoms with E-state index in [1.807, 2.05) is 121 Å². The minimum atomic E-state index is 0.532. The van der Waals surface area contributed by atoms with Crippen LogP contribution in [0, 0.1) is 11.3 Å². The number of aromatic nitrogens is 6. The maximum atomic E-state index is 9.68. The molecule has 0 aliphatic heterocycles. The van der Waals surface area contributed by atoms with Gasteiger partial charge in [0.05, 0.1) is 39.7 Å². The van der Waals surface area contributed by atoms with E-state index in [0.717, 1.165) is 83.4 Å². The van der Waals surface area contributed by atoms with Gasteiger partial charge in [-0.1, -0.05) is 158 Å². The molecule has 0 saturated carbocycles. The summed E-state index contributed by atoms with van der Waals surface area (Å²) in [7, 11) is 0. The van der Waals surface area contributed by atoms with Gasteiger partial charge in [-0.05, 0) is 65.7 Å². The predicted molar refractivity (Wildman–Crippen MR) is 253 cm³/mol. The van der Waals surface area contributed by atoms with Crippen LogP contribution in [0.5, 0.6) is 0 Å². The number of nitriles is 1. The van der Waals surface area contributed by atoms with Crippen LogP contribution in [0.15, 0.2) is 212 Å². The molecule has 0 atom stereocenters. The summed E-state index contributed by atoms with van der Waals surface area (Å²) in [6.07, 6.45) is 0. The van der Waals surface area contributed by atoms with Gasteiger partial charge in [0, 0.05) is 44.2 Å². The SMILES string of the molecule is N#Cc1cccc(-c2ccc3c(c2)c2ccccc2n3-c2ccc(-c3nc(-c4ccccc4)nc(-c4ccccc4)n3)cc2-c2nc(-c3ccccc3)cc(-c3ccccc3)n2)c1. The van der Waals surface area contributed by atoms with E-state index in [1.54, 1.807) is 0 Å². The lowest BCUT2D eigenvalue weighted by molar-refractivity contribution is 1.07. The number of nitrogens with zero attached hydrogens (tertiary/aromatic N) is 7. The lowest BCUT2D eigenvalue weighted by atomic mass is 10.0. The van der Waals surface area contributed by atoms with E-state index in [2.05, 4.69) is 102 Å². The zero-order chi connectivity index (χ0) is 42.1. The zero-order valence-electron chi connectivity index (χ0n) is 33.8. The number of benzene rings is 8. The molecule has 11 rings (SSSR count). The lowest BCUT2D eigenvalue weighted by Crippen LogP contribution is -2.04. The average molecular weight is 806 g/mol. The van der Waals surface area contributed by atoms with Crippen molar-refractivity contribution in [3.05, 3.63) is 218 Å². The van der Waals surface area contributed by atoms with Crippen molar-refractivity contribution >= 4 is 21.8 Å². The molecule has 63 heavy (non-hydrogen) atoms. The lowest BCUT2D eigenvalue weighted by Gasteiger charge is -2.17. The van der Waals surface area contributed by atoms with E-state index < -0.39 is 0 Å². The molecule has 3 heterocycles. The minimum absolute atomic E-state index is 0.532. The second kappa shape index (κ2) is 16.0. The predicted octanol–water partition coefficient (Wildman–Crippen LogP) is 13.3. The fourth-order valence-electron chi connectivity index (χ4n) is 8.25. The molecule has 0 spiro atoms. The molecule has 0 aliphatic rings. The Labute approximate surface area is 364 Å². The van der Waals surface area contributed by atoms with Crippen molar-refractivity contribution in [2.75, 3.05) is 0 Å². The molecule has 11 aromatic rings. The molecule has 7 nitrogen and oxygen atoms in total. The van der Waals surface area contributed by atoms with Gasteiger partial charge in [0.1, 0.15) is 0 Å². The number of hydrogen-bond acceptors (Lipinski definition) is 6. The molecule has 0 unspecified atom stereocenters. The van der Waals surface area contributed by atoms with Gasteiger partial charge < -0.3 is 4.57 Å². The van der Waals surface area contributed by atoms with Gasteiger partial charge in [-0.2, -0.15) is 5.26 Å². The van der Waals surface area contributed by atoms with Crippen LogP contribution >= 0.6 is 0 Å². The monoisotopic (exact) mass is 805 g/mol. The summed E-state index contributed by atoms with van der Waals surface area (Å²) < 4.78 is 2.30. The molecular formula is C56H35N7. The first-order valence-electron chi connectivity index (χ1n) is 20.7. The first-order valence-corrected chi connectivity index (χ1v) is 20.7. The zero-order valence-corrected chi connectivity index (χ0v) is 33.8. The van der Waals surface area contributed by atoms with E-state index in [9.17, 15) is 5.26 Å². The van der Waals surface area contributed by atoms with Gasteiger partial charge in [0.15, 0.2) is 23.3 Å². The van der Waals surface area contributed by atoms with Gasteiger partial charge >= 0.3 is 0 Å². The highest BCUT2D eigenvalue weighted by Gasteiger charge is 2.22. The van der Waals surface area contributed by atoms with Crippen LogP contribution in [0.2, 0.25) is 0 Å². The maximum Gasteiger partial charge on any atom is 0.164 e. The van der Waals surface area contributed by atoms with Crippen molar-refractivity contribution in [2.24, 2.45) is 0 Å². The van der Waals surface area contributed by atoms with E-state index >= 15 is 0 Å². The molecule has 0 amide bonds. The van der Waals surface area contributed by atoms with Crippen LogP contribution in [-0.2, 0) is 0 Å². The Bertz CT molecular complexity index is 3390. The Morgan fingerprint density at radius 1 is 0.333 bits per heavy atom. The quantitative estimate of drug-likeness (QED) is 0.152. The van der Waals surface area contributed by atoms with Crippen LogP contribution in [0.4, 0.5) is 0 Å². The first-order chi connectivity index (χ1) is 31.2. The van der Waals surface area contributed by atoms with E-state index in [-0.39, 0.29) is 0 Å². The van der Waals surface area contributed by atoms with Gasteiger partial charge in [-0.15, -0.1) is 0 Å². The number of hydrogen-bond donors (Lipinski definition) is 0. The van der Waals surface area contributed by atoms with Gasteiger partial charge in [-0.25, -0.2) is 24.9 Å². The largest absolute Gasteiger partial charge is 0.309 e. The van der Waals surface area contributed by atoms with Crippen LogP contribution in [0.1, 0.15) is 5.56 Å². The molecule has 0 aliphatic carbocycles. The molecule has 3 aromatic heterocycles. The normalized spacial score (nSPS) is 11.2. The van der Waals surface area contributed by atoms with Crippen LogP contribution in [0.25, 0.3) is 107 Å². The topological polar surface area (TPSA) is 93.2 Å². The standard InChI is InChI=1S/C56H35N7/c57-36-37-16-15-25-42(32-37)43-28-30-51-46(33-43)45-26-13-14-27-50(45)63(51)52-31-29-44(55-61-53(40-21-9-3-10-22-40)60-54(62-55)41-23-11-4-12-24-41)34-47(52)56-58-48(38-17-5-1-6-18-38)35-49(59-56)39-19-7-2-8-20-39/h1-35H. The Hall–Kier alpha value is -8.86. The molecule has 0 saturated heterocycles. The highest BCUT2D eigenvalue weighted by Crippen LogP contribution is 2.40. The third-order valence-electron chi connectivity index (χ3n) is 11.3. The second-order valence-electron chi connectivity index (χ2n) is 15.2. The van der Waals surface area contributed by atoms with Crippen molar-refractivity contribution in [2.45, 2.75) is 0 Å². The van der Waals surface area contributed by atoms with Crippen molar-refractivity contribution in [3.63, 3.8) is 0 Å². The third kappa shape index (κ3) is 7.08. The summed E-state index contributed by atoms with van der Waals surface area (Å²) >= 11 is 0. The summed E-state index contributed by atoms with van der Waals surface area (Å²) in [6, 6.07) is 73.9. The van der Waals surface area contributed by atoms with Crippen LogP contribution in [-0.4, -0.2) is 29.5 Å². The average Bonchev–Trinajstić information content (AvgIpc) is 3.70. The third-order valence-corrected chi connectivity index (χ3v) is 11.3. The summed E-state index contributed by atoms with van der Waals surface area (Å²) in [6.45, 7) is 0. The molecule has 0 N–H and O–H groups in total. The fraction of sp³-hybridized carbons (Fsp3) is 0. The van der Waals surface area contributed by atoms with E-state index in [4.69, 9.17) is 24.9 Å². The Morgan fingerprint density at radius 2 is 0.825 bits per heavy atom. The van der Waals surface area contributed by atoms with Gasteiger partial charge in [0.25, 0.3) is 0 Å². The fourth-order valence-corrected chi connectivity index (χ4v) is 8.25. The first kappa shape index (κ1) is 37.2. The number of rotatable bonds is 8. The Morgan fingerprint density at radius 3 is 1.43 bits per heavy atom. The molecule has 294 valence electrons. The van der Waals surface area contributed by atoms with Crippen LogP contribution < -0.4 is 0 Å². The summed E-state index contributed by atoms with van der Waals surface area (Å²) in [5.41, 5.74) is 12.6. The van der Waals surface area contributed by atoms with Gasteiger partial charge in [-0.3, -0.25) is 0 Å². The Balaban J connectivity index is 1.19. The molecular weight excluding hydrogens is 771 g/mol. The molecule has 7 heteroatoms. The van der Waals surface area contributed by atoms with Crippen molar-refractivity contribution in [3.8, 4) is 90.9 Å². The number of fused-ring (bicyclic) bond motifs is 3. The smallest absolute Gasteiger partial charge is 0.164 e. The highest BCUT2D eigenvalue weighted by molar-refractivity contribution is 6.11. The van der Waals surface area contributed by atoms with Crippen molar-refractivity contribution < 1.29 is 0 Å². The molecule has 0 fully saturated rings. The summed E-state index contributed by atoms with van der Waals surface area (Å²) in [4.78, 5) is 25.9. The minimum Gasteiger partial charge on any atom is -0.309 e. The number of para-hydroxylation sites is 1. The van der Waals surface area contributed by atoms with Crippen LogP contribution in [0.3, 0.4) is 0 Å². The molecule has 0 bridgehead atoms. The maximum absolute atomic E-state index is 9.68. The molecule has 8 aromatic carbocycles.